The molecule has 0 spiro atoms. The molecule has 0 radical (unpaired) electrons. The van der Waals surface area contributed by atoms with Crippen LogP contribution in [0.25, 0.3) is 22.5 Å². The topological polar surface area (TPSA) is 94.3 Å². The van der Waals surface area contributed by atoms with Crippen molar-refractivity contribution in [2.45, 2.75) is 59.0 Å². The lowest BCUT2D eigenvalue weighted by molar-refractivity contribution is 0.456. The maximum atomic E-state index is 13.1. The van der Waals surface area contributed by atoms with Crippen molar-refractivity contribution in [3.63, 3.8) is 0 Å². The summed E-state index contributed by atoms with van der Waals surface area (Å²) < 4.78 is 3.46. The largest absolute Gasteiger partial charge is 0.346 e. The van der Waals surface area contributed by atoms with E-state index in [0.29, 0.717) is 12.4 Å². The van der Waals surface area contributed by atoms with Gasteiger partial charge in [0.25, 0.3) is 0 Å². The lowest BCUT2D eigenvalue weighted by Gasteiger charge is -2.09. The first kappa shape index (κ1) is 21.7. The van der Waals surface area contributed by atoms with Gasteiger partial charge < -0.3 is 0 Å². The van der Waals surface area contributed by atoms with Gasteiger partial charge in [-0.05, 0) is 46.9 Å². The number of unbranched alkanes of at least 4 members (excludes halogenated alkanes) is 1. The third-order valence-electron chi connectivity index (χ3n) is 5.86. The molecule has 0 saturated heterocycles. The van der Waals surface area contributed by atoms with Gasteiger partial charge in [-0.25, -0.2) is 14.6 Å². The Balaban J connectivity index is 1.63. The lowest BCUT2D eigenvalue weighted by atomic mass is 9.98. The van der Waals surface area contributed by atoms with E-state index < -0.39 is 0 Å². The van der Waals surface area contributed by atoms with Gasteiger partial charge in [0.2, 0.25) is 0 Å². The number of nitrogens with zero attached hydrogens (tertiary/aromatic N) is 6. The molecule has 1 atom stereocenters. The molecule has 1 N–H and O–H groups in total. The number of H-pyrrole nitrogens is 1. The molecule has 2 heterocycles. The van der Waals surface area contributed by atoms with E-state index in [1.807, 2.05) is 29.7 Å². The maximum Gasteiger partial charge on any atom is 0.346 e. The summed E-state index contributed by atoms with van der Waals surface area (Å²) in [5.74, 6) is 1.50. The highest BCUT2D eigenvalue weighted by Crippen LogP contribution is 2.29. The van der Waals surface area contributed by atoms with Crippen LogP contribution < -0.4 is 5.69 Å². The Morgan fingerprint density at radius 2 is 1.78 bits per heavy atom. The van der Waals surface area contributed by atoms with E-state index in [9.17, 15) is 4.79 Å². The Morgan fingerprint density at radius 3 is 2.44 bits per heavy atom. The fourth-order valence-electron chi connectivity index (χ4n) is 3.78. The number of rotatable bonds is 9. The summed E-state index contributed by atoms with van der Waals surface area (Å²) in [6.45, 7) is 6.79. The Bertz CT molecular complexity index is 1210. The van der Waals surface area contributed by atoms with E-state index >= 15 is 0 Å². The smallest absolute Gasteiger partial charge is 0.274 e. The Kier molecular flexibility index (Phi) is 6.58. The standard InChI is InChI=1S/C24H29N7O/c1-4-6-11-22-27-31(17(3)5-2)24(32)30(22)16-18-12-14-19(15-13-18)20-9-7-8-10-21(20)23-25-28-29-26-23/h7-10,12-15,17H,4-6,11,16H2,1-3H3,(H,25,26,28,29). The van der Waals surface area contributed by atoms with Crippen molar-refractivity contribution in [3.8, 4) is 22.5 Å². The molecule has 2 aromatic carbocycles. The molecular weight excluding hydrogens is 402 g/mol. The van der Waals surface area contributed by atoms with Crippen molar-refractivity contribution in [2.75, 3.05) is 0 Å². The van der Waals surface area contributed by atoms with Crippen LogP contribution in [0.1, 0.15) is 57.5 Å². The SMILES string of the molecule is CCCCc1nn(C(C)CC)c(=O)n1Cc1ccc(-c2ccccc2-c2nnn[nH]2)cc1. The molecule has 0 fully saturated rings. The minimum Gasteiger partial charge on any atom is -0.274 e. The monoisotopic (exact) mass is 431 g/mol. The number of hydrogen-bond acceptors (Lipinski definition) is 5. The van der Waals surface area contributed by atoms with Crippen LogP contribution in [0.3, 0.4) is 0 Å². The molecule has 0 aliphatic carbocycles. The van der Waals surface area contributed by atoms with Crippen LogP contribution in [0.4, 0.5) is 0 Å². The predicted octanol–water partition coefficient (Wildman–Crippen LogP) is 4.25. The van der Waals surface area contributed by atoms with Gasteiger partial charge in [-0.3, -0.25) is 4.57 Å². The molecule has 4 aromatic rings. The average molecular weight is 432 g/mol. The number of aryl methyl sites for hydroxylation is 1. The summed E-state index contributed by atoms with van der Waals surface area (Å²) in [6.07, 6.45) is 3.77. The van der Waals surface area contributed by atoms with Crippen LogP contribution in [0, 0.1) is 0 Å². The summed E-state index contributed by atoms with van der Waals surface area (Å²) in [4.78, 5) is 13.1. The van der Waals surface area contributed by atoms with Gasteiger partial charge in [-0.15, -0.1) is 5.10 Å². The van der Waals surface area contributed by atoms with Crippen LogP contribution in [0.2, 0.25) is 0 Å². The van der Waals surface area contributed by atoms with E-state index in [4.69, 9.17) is 0 Å². The fourth-order valence-corrected chi connectivity index (χ4v) is 3.78. The molecule has 0 bridgehead atoms. The highest BCUT2D eigenvalue weighted by molar-refractivity contribution is 5.80. The maximum absolute atomic E-state index is 13.1. The predicted molar refractivity (Wildman–Crippen MR) is 124 cm³/mol. The zero-order chi connectivity index (χ0) is 22.5. The van der Waals surface area contributed by atoms with E-state index in [1.165, 1.54) is 0 Å². The lowest BCUT2D eigenvalue weighted by Crippen LogP contribution is -2.27. The molecule has 2 aromatic heterocycles. The van der Waals surface area contributed by atoms with Crippen molar-refractivity contribution in [3.05, 3.63) is 70.4 Å². The number of tetrazole rings is 1. The minimum absolute atomic E-state index is 0.0299. The molecule has 0 aliphatic heterocycles. The highest BCUT2D eigenvalue weighted by Gasteiger charge is 2.17. The normalized spacial score (nSPS) is 12.2. The molecule has 8 heteroatoms. The second-order valence-electron chi connectivity index (χ2n) is 8.08. The van der Waals surface area contributed by atoms with Crippen molar-refractivity contribution in [1.29, 1.82) is 0 Å². The first-order chi connectivity index (χ1) is 15.6. The van der Waals surface area contributed by atoms with Gasteiger partial charge in [0, 0.05) is 12.0 Å². The number of hydrogen-bond donors (Lipinski definition) is 1. The number of benzene rings is 2. The molecule has 4 rings (SSSR count). The summed E-state index contributed by atoms with van der Waals surface area (Å²) in [5.41, 5.74) is 4.09. The summed E-state index contributed by atoms with van der Waals surface area (Å²) in [7, 11) is 0. The van der Waals surface area contributed by atoms with Crippen LogP contribution in [-0.4, -0.2) is 35.0 Å². The Morgan fingerprint density at radius 1 is 1.03 bits per heavy atom. The van der Waals surface area contributed by atoms with Gasteiger partial charge in [-0.2, -0.15) is 5.10 Å². The van der Waals surface area contributed by atoms with Crippen molar-refractivity contribution < 1.29 is 0 Å². The Hall–Kier alpha value is -3.55. The van der Waals surface area contributed by atoms with Gasteiger partial charge in [0.15, 0.2) is 5.82 Å². The Labute approximate surface area is 187 Å². The van der Waals surface area contributed by atoms with Crippen molar-refractivity contribution in [2.24, 2.45) is 0 Å². The van der Waals surface area contributed by atoms with E-state index in [1.54, 1.807) is 4.68 Å². The summed E-state index contributed by atoms with van der Waals surface area (Å²) in [5, 5.41) is 18.9. The average Bonchev–Trinajstić information content (AvgIpc) is 3.47. The van der Waals surface area contributed by atoms with E-state index in [-0.39, 0.29) is 11.7 Å². The van der Waals surface area contributed by atoms with Crippen LogP contribution in [0.5, 0.6) is 0 Å². The second kappa shape index (κ2) is 9.72. The molecule has 0 saturated carbocycles. The van der Waals surface area contributed by atoms with Crippen molar-refractivity contribution in [1.82, 2.24) is 35.0 Å². The van der Waals surface area contributed by atoms with E-state index in [0.717, 1.165) is 53.8 Å². The molecule has 0 amide bonds. The van der Waals surface area contributed by atoms with Gasteiger partial charge in [0.1, 0.15) is 5.82 Å². The first-order valence-corrected chi connectivity index (χ1v) is 11.2. The van der Waals surface area contributed by atoms with Gasteiger partial charge in [-0.1, -0.05) is 68.8 Å². The second-order valence-corrected chi connectivity index (χ2v) is 8.08. The third-order valence-corrected chi connectivity index (χ3v) is 5.86. The molecule has 32 heavy (non-hydrogen) atoms. The van der Waals surface area contributed by atoms with Crippen LogP contribution >= 0.6 is 0 Å². The summed E-state index contributed by atoms with van der Waals surface area (Å²) in [6, 6.07) is 16.4. The molecule has 166 valence electrons. The summed E-state index contributed by atoms with van der Waals surface area (Å²) >= 11 is 0. The van der Waals surface area contributed by atoms with Gasteiger partial charge >= 0.3 is 5.69 Å². The minimum atomic E-state index is -0.0299. The number of aromatic amines is 1. The zero-order valence-electron chi connectivity index (χ0n) is 18.8. The van der Waals surface area contributed by atoms with Crippen molar-refractivity contribution >= 4 is 0 Å². The van der Waals surface area contributed by atoms with E-state index in [2.05, 4.69) is 69.9 Å². The van der Waals surface area contributed by atoms with Crippen LogP contribution in [0.15, 0.2) is 53.3 Å². The first-order valence-electron chi connectivity index (χ1n) is 11.2. The molecular formula is C24H29N7O. The quantitative estimate of drug-likeness (QED) is 0.427. The highest BCUT2D eigenvalue weighted by atomic mass is 16.2. The fraction of sp³-hybridized carbons (Fsp3) is 0.375. The van der Waals surface area contributed by atoms with Crippen LogP contribution in [-0.2, 0) is 13.0 Å². The number of aromatic nitrogens is 7. The van der Waals surface area contributed by atoms with Gasteiger partial charge in [0.05, 0.1) is 12.6 Å². The third kappa shape index (κ3) is 4.39. The number of nitrogens with one attached hydrogen (secondary N) is 1. The molecule has 8 nitrogen and oxygen atoms in total. The molecule has 1 unspecified atom stereocenters. The zero-order valence-corrected chi connectivity index (χ0v) is 18.8. The molecule has 0 aliphatic rings.